The van der Waals surface area contributed by atoms with Crippen molar-refractivity contribution in [1.29, 1.82) is 0 Å². The molecule has 0 radical (unpaired) electrons. The second kappa shape index (κ2) is 3.96. The first kappa shape index (κ1) is 11.6. The fraction of sp³-hybridized carbons (Fsp3) is 0.444. The van der Waals surface area contributed by atoms with E-state index in [2.05, 4.69) is 4.74 Å². The third-order valence-electron chi connectivity index (χ3n) is 2.04. The van der Waals surface area contributed by atoms with Gasteiger partial charge in [0.05, 0.1) is 7.11 Å². The standard InChI is InChI=1S/C9H10F3NO2/c1-13-5-3-4-6(13)7(8(14)15-2)9(10,11)12/h3-5,7H,1-2H3. The summed E-state index contributed by atoms with van der Waals surface area (Å²) in [4.78, 5) is 11.1. The Hall–Kier alpha value is -1.46. The van der Waals surface area contributed by atoms with E-state index in [0.717, 1.165) is 7.11 Å². The fourth-order valence-electron chi connectivity index (χ4n) is 1.31. The van der Waals surface area contributed by atoms with Crippen LogP contribution in [-0.2, 0) is 16.6 Å². The van der Waals surface area contributed by atoms with Crippen LogP contribution in [-0.4, -0.2) is 23.8 Å². The van der Waals surface area contributed by atoms with Crippen LogP contribution in [0.15, 0.2) is 18.3 Å². The van der Waals surface area contributed by atoms with Crippen LogP contribution in [0.5, 0.6) is 0 Å². The molecular formula is C9H10F3NO2. The Morgan fingerprint density at radius 2 is 2.13 bits per heavy atom. The minimum absolute atomic E-state index is 0.130. The zero-order chi connectivity index (χ0) is 11.6. The first-order valence-electron chi connectivity index (χ1n) is 4.13. The number of rotatable bonds is 2. The molecule has 0 aliphatic rings. The lowest BCUT2D eigenvalue weighted by molar-refractivity contribution is -0.180. The molecule has 0 aliphatic carbocycles. The summed E-state index contributed by atoms with van der Waals surface area (Å²) in [7, 11) is 2.38. The highest BCUT2D eigenvalue weighted by atomic mass is 19.4. The number of methoxy groups -OCH3 is 1. The van der Waals surface area contributed by atoms with Crippen molar-refractivity contribution in [2.75, 3.05) is 7.11 Å². The van der Waals surface area contributed by atoms with E-state index in [-0.39, 0.29) is 5.69 Å². The summed E-state index contributed by atoms with van der Waals surface area (Å²) in [5, 5.41) is 0. The second-order valence-corrected chi connectivity index (χ2v) is 3.04. The van der Waals surface area contributed by atoms with Crippen molar-refractivity contribution in [3.63, 3.8) is 0 Å². The van der Waals surface area contributed by atoms with E-state index in [1.165, 1.54) is 29.9 Å². The Labute approximate surface area is 84.4 Å². The van der Waals surface area contributed by atoms with E-state index in [1.807, 2.05) is 0 Å². The summed E-state index contributed by atoms with van der Waals surface area (Å²) in [5.74, 6) is -3.52. The molecule has 1 atom stereocenters. The summed E-state index contributed by atoms with van der Waals surface area (Å²) >= 11 is 0. The molecule has 3 nitrogen and oxygen atoms in total. The molecule has 6 heteroatoms. The average Bonchev–Trinajstić information content (AvgIpc) is 2.50. The van der Waals surface area contributed by atoms with Crippen LogP contribution in [0.1, 0.15) is 11.6 Å². The monoisotopic (exact) mass is 221 g/mol. The number of aromatic nitrogens is 1. The number of hydrogen-bond acceptors (Lipinski definition) is 2. The Morgan fingerprint density at radius 1 is 1.53 bits per heavy atom. The summed E-state index contributed by atoms with van der Waals surface area (Å²) in [6.07, 6.45) is -3.20. The SMILES string of the molecule is COC(=O)C(c1cccn1C)C(F)(F)F. The van der Waals surface area contributed by atoms with Gasteiger partial charge in [-0.15, -0.1) is 0 Å². The maximum absolute atomic E-state index is 12.6. The van der Waals surface area contributed by atoms with Gasteiger partial charge in [0.25, 0.3) is 0 Å². The highest BCUT2D eigenvalue weighted by Gasteiger charge is 2.48. The van der Waals surface area contributed by atoms with Crippen LogP contribution in [0.25, 0.3) is 0 Å². The molecule has 84 valence electrons. The minimum Gasteiger partial charge on any atom is -0.468 e. The lowest BCUT2D eigenvalue weighted by atomic mass is 10.1. The second-order valence-electron chi connectivity index (χ2n) is 3.04. The summed E-state index contributed by atoms with van der Waals surface area (Å²) in [6.45, 7) is 0. The molecule has 1 aromatic heterocycles. The van der Waals surface area contributed by atoms with Gasteiger partial charge in [0.2, 0.25) is 0 Å². The number of carbonyl (C=O) groups is 1. The molecule has 0 aromatic carbocycles. The summed E-state index contributed by atoms with van der Waals surface area (Å²) in [6, 6.07) is 2.69. The normalized spacial score (nSPS) is 13.7. The fourth-order valence-corrected chi connectivity index (χ4v) is 1.31. The predicted molar refractivity (Wildman–Crippen MR) is 46.2 cm³/mol. The van der Waals surface area contributed by atoms with E-state index < -0.39 is 18.1 Å². The average molecular weight is 221 g/mol. The van der Waals surface area contributed by atoms with Crippen LogP contribution < -0.4 is 0 Å². The first-order valence-corrected chi connectivity index (χ1v) is 4.13. The number of ether oxygens (including phenoxy) is 1. The van der Waals surface area contributed by atoms with Gasteiger partial charge in [-0.3, -0.25) is 4.79 Å². The molecule has 1 unspecified atom stereocenters. The lowest BCUT2D eigenvalue weighted by Crippen LogP contribution is -2.30. The maximum Gasteiger partial charge on any atom is 0.407 e. The van der Waals surface area contributed by atoms with Gasteiger partial charge in [0.1, 0.15) is 0 Å². The third kappa shape index (κ3) is 2.31. The number of hydrogen-bond donors (Lipinski definition) is 0. The van der Waals surface area contributed by atoms with Gasteiger partial charge < -0.3 is 9.30 Å². The molecule has 1 rings (SSSR count). The number of nitrogens with zero attached hydrogens (tertiary/aromatic N) is 1. The molecule has 0 spiro atoms. The van der Waals surface area contributed by atoms with Crippen LogP contribution in [0, 0.1) is 0 Å². The number of alkyl halides is 3. The Bertz CT molecular complexity index is 356. The molecule has 0 aliphatic heterocycles. The van der Waals surface area contributed by atoms with Crippen LogP contribution >= 0.6 is 0 Å². The molecule has 0 N–H and O–H groups in total. The van der Waals surface area contributed by atoms with Crippen molar-refractivity contribution >= 4 is 5.97 Å². The Balaban J connectivity index is 3.13. The van der Waals surface area contributed by atoms with Crippen molar-refractivity contribution in [2.24, 2.45) is 7.05 Å². The molecule has 0 amide bonds. The lowest BCUT2D eigenvalue weighted by Gasteiger charge is -2.18. The summed E-state index contributed by atoms with van der Waals surface area (Å²) in [5.41, 5.74) is -0.130. The van der Waals surface area contributed by atoms with Crippen molar-refractivity contribution in [2.45, 2.75) is 12.1 Å². The van der Waals surface area contributed by atoms with E-state index >= 15 is 0 Å². The molecule has 0 saturated carbocycles. The molecule has 0 bridgehead atoms. The molecule has 1 aromatic rings. The first-order chi connectivity index (χ1) is 6.88. The highest BCUT2D eigenvalue weighted by molar-refractivity contribution is 5.78. The van der Waals surface area contributed by atoms with Crippen molar-refractivity contribution < 1.29 is 22.7 Å². The Morgan fingerprint density at radius 3 is 2.47 bits per heavy atom. The van der Waals surface area contributed by atoms with Crippen molar-refractivity contribution in [3.05, 3.63) is 24.0 Å². The van der Waals surface area contributed by atoms with Crippen LogP contribution in [0.4, 0.5) is 13.2 Å². The third-order valence-corrected chi connectivity index (χ3v) is 2.04. The minimum atomic E-state index is -4.64. The van der Waals surface area contributed by atoms with Crippen molar-refractivity contribution in [1.82, 2.24) is 4.57 Å². The van der Waals surface area contributed by atoms with Crippen molar-refractivity contribution in [3.8, 4) is 0 Å². The van der Waals surface area contributed by atoms with Gasteiger partial charge in [0.15, 0.2) is 5.92 Å². The van der Waals surface area contributed by atoms with E-state index in [4.69, 9.17) is 0 Å². The molecule has 0 fully saturated rings. The van der Waals surface area contributed by atoms with Gasteiger partial charge >= 0.3 is 12.1 Å². The Kier molecular flexibility index (Phi) is 3.06. The number of esters is 1. The highest BCUT2D eigenvalue weighted by Crippen LogP contribution is 2.35. The summed E-state index contributed by atoms with van der Waals surface area (Å²) < 4.78 is 43.2. The zero-order valence-electron chi connectivity index (χ0n) is 8.21. The molecule has 0 saturated heterocycles. The van der Waals surface area contributed by atoms with Crippen LogP contribution in [0.3, 0.4) is 0 Å². The van der Waals surface area contributed by atoms with E-state index in [0.29, 0.717) is 0 Å². The maximum atomic E-state index is 12.6. The van der Waals surface area contributed by atoms with E-state index in [9.17, 15) is 18.0 Å². The largest absolute Gasteiger partial charge is 0.468 e. The molecular weight excluding hydrogens is 211 g/mol. The van der Waals surface area contributed by atoms with E-state index in [1.54, 1.807) is 0 Å². The predicted octanol–water partition coefficient (Wildman–Crippen LogP) is 1.84. The number of halogens is 3. The number of carbonyl (C=O) groups excluding carboxylic acids is 1. The van der Waals surface area contributed by atoms with Crippen LogP contribution in [0.2, 0.25) is 0 Å². The smallest absolute Gasteiger partial charge is 0.407 e. The van der Waals surface area contributed by atoms with Gasteiger partial charge in [-0.05, 0) is 12.1 Å². The van der Waals surface area contributed by atoms with Gasteiger partial charge in [-0.25, -0.2) is 0 Å². The van der Waals surface area contributed by atoms with Gasteiger partial charge in [-0.2, -0.15) is 13.2 Å². The molecule has 1 heterocycles. The van der Waals surface area contributed by atoms with Gasteiger partial charge in [0, 0.05) is 18.9 Å². The zero-order valence-corrected chi connectivity index (χ0v) is 8.21. The van der Waals surface area contributed by atoms with Gasteiger partial charge in [-0.1, -0.05) is 0 Å². The quantitative estimate of drug-likeness (QED) is 0.713. The number of aryl methyl sites for hydroxylation is 1. The topological polar surface area (TPSA) is 31.2 Å². The molecule has 15 heavy (non-hydrogen) atoms.